The SMILES string of the molecule is O=C(O)c1nc2c([nH]1)[C@H](C1CCCCC1)[C@H](c1ccccc1)S2. The lowest BCUT2D eigenvalue weighted by Crippen LogP contribution is -2.19. The van der Waals surface area contributed by atoms with Gasteiger partial charge in [0, 0.05) is 11.2 Å². The molecule has 2 N–H and O–H groups in total. The van der Waals surface area contributed by atoms with Crippen LogP contribution in [0.25, 0.3) is 0 Å². The zero-order chi connectivity index (χ0) is 15.8. The van der Waals surface area contributed by atoms with E-state index >= 15 is 0 Å². The molecule has 0 spiro atoms. The third kappa shape index (κ3) is 2.67. The number of imidazole rings is 1. The van der Waals surface area contributed by atoms with Crippen LogP contribution < -0.4 is 0 Å². The second-order valence-corrected chi connectivity index (χ2v) is 7.61. The van der Waals surface area contributed by atoms with Crippen LogP contribution >= 0.6 is 11.8 Å². The van der Waals surface area contributed by atoms with Gasteiger partial charge in [-0.3, -0.25) is 0 Å². The van der Waals surface area contributed by atoms with Crippen molar-refractivity contribution in [3.8, 4) is 0 Å². The monoisotopic (exact) mass is 328 g/mol. The second kappa shape index (κ2) is 6.04. The van der Waals surface area contributed by atoms with E-state index < -0.39 is 5.97 Å². The molecule has 4 nitrogen and oxygen atoms in total. The number of aromatic carboxylic acids is 1. The summed E-state index contributed by atoms with van der Waals surface area (Å²) in [5, 5.41) is 10.4. The van der Waals surface area contributed by atoms with E-state index in [1.54, 1.807) is 11.8 Å². The molecule has 2 aromatic rings. The zero-order valence-electron chi connectivity index (χ0n) is 12.9. The molecule has 0 amide bonds. The Kier molecular flexibility index (Phi) is 3.89. The van der Waals surface area contributed by atoms with Crippen LogP contribution in [0.5, 0.6) is 0 Å². The van der Waals surface area contributed by atoms with Gasteiger partial charge in [-0.05, 0) is 24.3 Å². The van der Waals surface area contributed by atoms with Gasteiger partial charge in [-0.25, -0.2) is 9.78 Å². The van der Waals surface area contributed by atoms with Gasteiger partial charge in [-0.15, -0.1) is 0 Å². The molecule has 23 heavy (non-hydrogen) atoms. The lowest BCUT2D eigenvalue weighted by Gasteiger charge is -2.31. The molecule has 2 atom stereocenters. The molecule has 1 aliphatic carbocycles. The molecule has 1 fully saturated rings. The minimum absolute atomic E-state index is 0.0785. The van der Waals surface area contributed by atoms with Gasteiger partial charge < -0.3 is 10.1 Å². The van der Waals surface area contributed by atoms with Crippen molar-refractivity contribution in [2.24, 2.45) is 5.92 Å². The predicted molar refractivity (Wildman–Crippen MR) is 89.9 cm³/mol. The first-order valence-electron chi connectivity index (χ1n) is 8.29. The van der Waals surface area contributed by atoms with Crippen molar-refractivity contribution in [1.82, 2.24) is 9.97 Å². The molecule has 0 unspecified atom stereocenters. The highest BCUT2D eigenvalue weighted by atomic mass is 32.2. The lowest BCUT2D eigenvalue weighted by molar-refractivity contribution is 0.0684. The Hall–Kier alpha value is -1.75. The number of aromatic amines is 1. The van der Waals surface area contributed by atoms with Crippen LogP contribution in [0.4, 0.5) is 0 Å². The maximum Gasteiger partial charge on any atom is 0.371 e. The minimum Gasteiger partial charge on any atom is -0.475 e. The smallest absolute Gasteiger partial charge is 0.371 e. The van der Waals surface area contributed by atoms with Crippen molar-refractivity contribution in [3.63, 3.8) is 0 Å². The maximum atomic E-state index is 11.2. The quantitative estimate of drug-likeness (QED) is 0.863. The molecule has 0 bridgehead atoms. The fourth-order valence-corrected chi connectivity index (χ4v) is 5.52. The number of hydrogen-bond acceptors (Lipinski definition) is 3. The summed E-state index contributed by atoms with van der Waals surface area (Å²) in [5.41, 5.74) is 2.37. The molecular formula is C18H20N2O2S. The maximum absolute atomic E-state index is 11.2. The lowest BCUT2D eigenvalue weighted by atomic mass is 9.76. The number of carbonyl (C=O) groups is 1. The van der Waals surface area contributed by atoms with Gasteiger partial charge in [0.25, 0.3) is 0 Å². The molecule has 4 rings (SSSR count). The van der Waals surface area contributed by atoms with Gasteiger partial charge in [0.05, 0.1) is 5.69 Å². The van der Waals surface area contributed by atoms with Gasteiger partial charge in [0.15, 0.2) is 0 Å². The Bertz CT molecular complexity index is 707. The number of rotatable bonds is 3. The van der Waals surface area contributed by atoms with E-state index in [4.69, 9.17) is 0 Å². The Morgan fingerprint density at radius 2 is 1.91 bits per heavy atom. The Morgan fingerprint density at radius 3 is 2.61 bits per heavy atom. The number of aromatic nitrogens is 2. The van der Waals surface area contributed by atoms with E-state index in [0.29, 0.717) is 17.1 Å². The molecule has 120 valence electrons. The number of nitrogens with zero attached hydrogens (tertiary/aromatic N) is 1. The molecule has 1 aromatic heterocycles. The highest BCUT2D eigenvalue weighted by molar-refractivity contribution is 7.99. The molecule has 2 aliphatic rings. The molecule has 0 saturated heterocycles. The normalized spacial score (nSPS) is 24.5. The summed E-state index contributed by atoms with van der Waals surface area (Å²) in [5.74, 6) is 0.0663. The summed E-state index contributed by atoms with van der Waals surface area (Å²) in [6.45, 7) is 0. The number of nitrogens with one attached hydrogen (secondary N) is 1. The highest BCUT2D eigenvalue weighted by Crippen LogP contribution is 2.58. The van der Waals surface area contributed by atoms with E-state index in [-0.39, 0.29) is 5.82 Å². The number of carboxylic acids is 1. The summed E-state index contributed by atoms with van der Waals surface area (Å²) in [7, 11) is 0. The number of fused-ring (bicyclic) bond motifs is 1. The van der Waals surface area contributed by atoms with Crippen molar-refractivity contribution in [2.75, 3.05) is 0 Å². The number of carboxylic acid groups (broad SMARTS) is 1. The fourth-order valence-electron chi connectivity index (χ4n) is 4.03. The van der Waals surface area contributed by atoms with Gasteiger partial charge in [0.2, 0.25) is 5.82 Å². The van der Waals surface area contributed by atoms with E-state index in [2.05, 4.69) is 34.2 Å². The van der Waals surface area contributed by atoms with Crippen molar-refractivity contribution < 1.29 is 9.90 Å². The first kappa shape index (κ1) is 14.8. The van der Waals surface area contributed by atoms with E-state index in [1.165, 1.54) is 37.7 Å². The first-order chi connectivity index (χ1) is 11.2. The van der Waals surface area contributed by atoms with Crippen LogP contribution in [0, 0.1) is 5.92 Å². The molecule has 1 saturated carbocycles. The molecular weight excluding hydrogens is 308 g/mol. The van der Waals surface area contributed by atoms with Gasteiger partial charge in [-0.2, -0.15) is 0 Å². The van der Waals surface area contributed by atoms with Gasteiger partial charge in [0.1, 0.15) is 5.03 Å². The van der Waals surface area contributed by atoms with Crippen LogP contribution in [-0.2, 0) is 0 Å². The summed E-state index contributed by atoms with van der Waals surface area (Å²) >= 11 is 1.72. The van der Waals surface area contributed by atoms with Crippen LogP contribution in [0.1, 0.15) is 65.1 Å². The molecule has 5 heteroatoms. The zero-order valence-corrected chi connectivity index (χ0v) is 13.7. The van der Waals surface area contributed by atoms with Crippen LogP contribution in [0.3, 0.4) is 0 Å². The molecule has 1 aliphatic heterocycles. The van der Waals surface area contributed by atoms with Crippen LogP contribution in [0.15, 0.2) is 35.4 Å². The molecule has 0 radical (unpaired) electrons. The number of hydrogen-bond donors (Lipinski definition) is 2. The average molecular weight is 328 g/mol. The number of H-pyrrole nitrogens is 1. The largest absolute Gasteiger partial charge is 0.475 e. The predicted octanol–water partition coefficient (Wildman–Crippen LogP) is 4.62. The van der Waals surface area contributed by atoms with E-state index in [1.807, 2.05) is 6.07 Å². The summed E-state index contributed by atoms with van der Waals surface area (Å²) in [6, 6.07) is 10.6. The Labute approximate surface area is 139 Å². The highest BCUT2D eigenvalue weighted by Gasteiger charge is 2.42. The van der Waals surface area contributed by atoms with Crippen molar-refractivity contribution in [1.29, 1.82) is 0 Å². The Balaban J connectivity index is 1.72. The average Bonchev–Trinajstić information content (AvgIpc) is 3.14. The molecule has 2 heterocycles. The standard InChI is InChI=1S/C18H20N2O2S/c21-18(22)16-19-14-13(11-7-3-1-4-8-11)15(23-17(14)20-16)12-9-5-2-6-10-12/h2,5-6,9-11,13,15H,1,3-4,7-8H2,(H,19,20)(H,21,22)/t13-,15-/m0/s1. The van der Waals surface area contributed by atoms with Crippen LogP contribution in [0.2, 0.25) is 0 Å². The van der Waals surface area contributed by atoms with E-state index in [0.717, 1.165) is 10.7 Å². The van der Waals surface area contributed by atoms with Gasteiger partial charge in [-0.1, -0.05) is 61.4 Å². The van der Waals surface area contributed by atoms with E-state index in [9.17, 15) is 9.90 Å². The first-order valence-corrected chi connectivity index (χ1v) is 9.17. The third-order valence-electron chi connectivity index (χ3n) is 5.08. The van der Waals surface area contributed by atoms with Crippen molar-refractivity contribution in [3.05, 3.63) is 47.4 Å². The summed E-state index contributed by atoms with van der Waals surface area (Å²) in [6.07, 6.45) is 6.35. The minimum atomic E-state index is -0.973. The summed E-state index contributed by atoms with van der Waals surface area (Å²) in [4.78, 5) is 18.7. The van der Waals surface area contributed by atoms with Gasteiger partial charge >= 0.3 is 5.97 Å². The van der Waals surface area contributed by atoms with Crippen LogP contribution in [-0.4, -0.2) is 21.0 Å². The molecule has 1 aromatic carbocycles. The topological polar surface area (TPSA) is 66.0 Å². The fraction of sp³-hybridized carbons (Fsp3) is 0.444. The van der Waals surface area contributed by atoms with Crippen molar-refractivity contribution >= 4 is 17.7 Å². The van der Waals surface area contributed by atoms with Crippen molar-refractivity contribution in [2.45, 2.75) is 48.3 Å². The third-order valence-corrected chi connectivity index (χ3v) is 6.44. The Morgan fingerprint density at radius 1 is 1.17 bits per heavy atom. The number of thioether (sulfide) groups is 1. The summed E-state index contributed by atoms with van der Waals surface area (Å²) < 4.78 is 0. The second-order valence-electron chi connectivity index (χ2n) is 6.48. The number of benzene rings is 1.